The first kappa shape index (κ1) is 15.4. The van der Waals surface area contributed by atoms with Crippen molar-refractivity contribution >= 4 is 11.8 Å². The molecule has 2 fully saturated rings. The van der Waals surface area contributed by atoms with Gasteiger partial charge in [-0.25, -0.2) is 0 Å². The van der Waals surface area contributed by atoms with Crippen LogP contribution in [0.2, 0.25) is 0 Å². The maximum atomic E-state index is 11.3. The van der Waals surface area contributed by atoms with E-state index in [9.17, 15) is 5.11 Å². The number of rotatable bonds is 4. The van der Waals surface area contributed by atoms with Gasteiger partial charge in [-0.1, -0.05) is 37.3 Å². The highest BCUT2D eigenvalue weighted by molar-refractivity contribution is 7.99. The zero-order valence-electron chi connectivity index (χ0n) is 12.9. The monoisotopic (exact) mass is 306 g/mol. The summed E-state index contributed by atoms with van der Waals surface area (Å²) in [5.74, 6) is 2.67. The normalized spacial score (nSPS) is 32.2. The Morgan fingerprint density at radius 1 is 1.38 bits per heavy atom. The molecule has 1 N–H and O–H groups in total. The van der Waals surface area contributed by atoms with Crippen LogP contribution in [-0.2, 0) is 11.2 Å². The first-order valence-electron chi connectivity index (χ1n) is 8.14. The third-order valence-electron chi connectivity index (χ3n) is 5.29. The van der Waals surface area contributed by atoms with Crippen molar-refractivity contribution in [1.82, 2.24) is 0 Å². The van der Waals surface area contributed by atoms with Gasteiger partial charge in [0.1, 0.15) is 0 Å². The highest BCUT2D eigenvalue weighted by Crippen LogP contribution is 2.45. The fraction of sp³-hybridized carbons (Fsp3) is 0.667. The predicted octanol–water partition coefficient (Wildman–Crippen LogP) is 3.67. The Labute approximate surface area is 132 Å². The second kappa shape index (κ2) is 6.31. The summed E-state index contributed by atoms with van der Waals surface area (Å²) in [6.45, 7) is 2.93. The van der Waals surface area contributed by atoms with Crippen LogP contribution in [0, 0.1) is 5.92 Å². The van der Waals surface area contributed by atoms with Crippen molar-refractivity contribution in [3.8, 4) is 0 Å². The van der Waals surface area contributed by atoms with E-state index in [1.165, 1.54) is 11.3 Å². The summed E-state index contributed by atoms with van der Waals surface area (Å²) in [5.41, 5.74) is 0.696. The minimum Gasteiger partial charge on any atom is -0.389 e. The molecule has 3 heteroatoms. The molecule has 1 spiro atoms. The maximum absolute atomic E-state index is 11.3. The first-order valence-corrected chi connectivity index (χ1v) is 9.29. The Hall–Kier alpha value is -0.510. The van der Waals surface area contributed by atoms with Gasteiger partial charge in [-0.2, -0.15) is 11.8 Å². The number of aliphatic hydroxyl groups is 1. The van der Waals surface area contributed by atoms with Crippen LogP contribution < -0.4 is 0 Å². The van der Waals surface area contributed by atoms with Gasteiger partial charge in [0.05, 0.1) is 11.2 Å². The van der Waals surface area contributed by atoms with Crippen LogP contribution in [0.25, 0.3) is 0 Å². The summed E-state index contributed by atoms with van der Waals surface area (Å²) in [6, 6.07) is 10.4. The minimum atomic E-state index is -0.592. The van der Waals surface area contributed by atoms with E-state index in [2.05, 4.69) is 31.2 Å². The largest absolute Gasteiger partial charge is 0.389 e. The highest BCUT2D eigenvalue weighted by atomic mass is 32.2. The van der Waals surface area contributed by atoms with E-state index in [0.717, 1.165) is 44.5 Å². The fourth-order valence-electron chi connectivity index (χ4n) is 3.86. The predicted molar refractivity (Wildman–Crippen MR) is 88.7 cm³/mol. The molecule has 2 nitrogen and oxygen atoms in total. The van der Waals surface area contributed by atoms with Gasteiger partial charge >= 0.3 is 0 Å². The molecule has 0 amide bonds. The number of hydrogen-bond acceptors (Lipinski definition) is 3. The minimum absolute atomic E-state index is 0.0490. The summed E-state index contributed by atoms with van der Waals surface area (Å²) in [6.07, 6.45) is 4.74. The van der Waals surface area contributed by atoms with Crippen molar-refractivity contribution in [3.05, 3.63) is 35.9 Å². The van der Waals surface area contributed by atoms with Gasteiger partial charge in [0.2, 0.25) is 0 Å². The third kappa shape index (κ3) is 3.30. The van der Waals surface area contributed by atoms with Crippen LogP contribution in [0.5, 0.6) is 0 Å². The lowest BCUT2D eigenvalue weighted by atomic mass is 9.72. The highest BCUT2D eigenvalue weighted by Gasteiger charge is 2.46. The van der Waals surface area contributed by atoms with Crippen LogP contribution in [0.3, 0.4) is 0 Å². The molecule has 2 saturated heterocycles. The van der Waals surface area contributed by atoms with Crippen molar-refractivity contribution < 1.29 is 9.84 Å². The summed E-state index contributed by atoms with van der Waals surface area (Å²) in [5, 5.41) is 11.3. The summed E-state index contributed by atoms with van der Waals surface area (Å²) >= 11 is 2.00. The number of benzene rings is 1. The van der Waals surface area contributed by atoms with E-state index in [1.54, 1.807) is 0 Å². The van der Waals surface area contributed by atoms with Gasteiger partial charge in [0, 0.05) is 18.8 Å². The van der Waals surface area contributed by atoms with E-state index < -0.39 is 5.60 Å². The van der Waals surface area contributed by atoms with Crippen LogP contribution >= 0.6 is 11.8 Å². The molecule has 3 atom stereocenters. The second-order valence-electron chi connectivity index (χ2n) is 6.64. The lowest BCUT2D eigenvalue weighted by Crippen LogP contribution is -2.49. The Bertz CT molecular complexity index is 456. The number of thioether (sulfide) groups is 1. The molecule has 0 bridgehead atoms. The average Bonchev–Trinajstić information content (AvgIpc) is 2.96. The second-order valence-corrected chi connectivity index (χ2v) is 7.75. The molecule has 3 rings (SSSR count). The molecule has 21 heavy (non-hydrogen) atoms. The molecule has 3 unspecified atom stereocenters. The van der Waals surface area contributed by atoms with Crippen molar-refractivity contribution in [2.45, 2.75) is 50.2 Å². The molecule has 0 radical (unpaired) electrons. The van der Waals surface area contributed by atoms with E-state index in [1.807, 2.05) is 17.8 Å². The van der Waals surface area contributed by atoms with Crippen molar-refractivity contribution in [2.24, 2.45) is 5.92 Å². The molecule has 2 heterocycles. The van der Waals surface area contributed by atoms with Gasteiger partial charge in [-0.05, 0) is 42.9 Å². The van der Waals surface area contributed by atoms with Crippen LogP contribution in [0.15, 0.2) is 30.3 Å². The molecule has 2 aliphatic rings. The fourth-order valence-corrected chi connectivity index (χ4v) is 5.24. The molecular formula is C18H26O2S. The molecular weight excluding hydrogens is 280 g/mol. The quantitative estimate of drug-likeness (QED) is 0.920. The van der Waals surface area contributed by atoms with Crippen molar-refractivity contribution in [3.63, 3.8) is 0 Å². The van der Waals surface area contributed by atoms with E-state index in [-0.39, 0.29) is 5.60 Å². The van der Waals surface area contributed by atoms with E-state index in [4.69, 9.17) is 4.74 Å². The summed E-state index contributed by atoms with van der Waals surface area (Å²) in [7, 11) is 0. The Morgan fingerprint density at radius 2 is 2.19 bits per heavy atom. The van der Waals surface area contributed by atoms with Crippen LogP contribution in [0.4, 0.5) is 0 Å². The lowest BCUT2D eigenvalue weighted by Gasteiger charge is -2.45. The van der Waals surface area contributed by atoms with Gasteiger partial charge in [-0.3, -0.25) is 0 Å². The Morgan fingerprint density at radius 3 is 2.86 bits per heavy atom. The molecule has 1 aromatic rings. The lowest BCUT2D eigenvalue weighted by molar-refractivity contribution is -0.133. The SMILES string of the molecule is CCC(O)(Cc1ccccc1)C1CCOC2(CCSC2)C1. The number of ether oxygens (including phenoxy) is 1. The molecule has 2 aliphatic heterocycles. The molecule has 1 aromatic carbocycles. The zero-order valence-corrected chi connectivity index (χ0v) is 13.7. The Kier molecular flexibility index (Phi) is 4.63. The van der Waals surface area contributed by atoms with E-state index in [0.29, 0.717) is 5.92 Å². The molecule has 116 valence electrons. The van der Waals surface area contributed by atoms with Crippen LogP contribution in [-0.4, -0.2) is 34.4 Å². The molecule has 0 saturated carbocycles. The average molecular weight is 306 g/mol. The summed E-state index contributed by atoms with van der Waals surface area (Å²) < 4.78 is 6.11. The van der Waals surface area contributed by atoms with Gasteiger partial charge in [-0.15, -0.1) is 0 Å². The maximum Gasteiger partial charge on any atom is 0.0784 e. The third-order valence-corrected chi connectivity index (χ3v) is 6.51. The van der Waals surface area contributed by atoms with E-state index >= 15 is 0 Å². The first-order chi connectivity index (χ1) is 10.2. The van der Waals surface area contributed by atoms with Crippen LogP contribution in [0.1, 0.15) is 38.2 Å². The van der Waals surface area contributed by atoms with Crippen molar-refractivity contribution in [2.75, 3.05) is 18.1 Å². The Balaban J connectivity index is 1.75. The molecule has 0 aliphatic carbocycles. The zero-order chi connectivity index (χ0) is 14.8. The summed E-state index contributed by atoms with van der Waals surface area (Å²) in [4.78, 5) is 0. The van der Waals surface area contributed by atoms with Gasteiger partial charge < -0.3 is 9.84 Å². The number of hydrogen-bond donors (Lipinski definition) is 1. The van der Waals surface area contributed by atoms with Gasteiger partial charge in [0.15, 0.2) is 0 Å². The smallest absolute Gasteiger partial charge is 0.0784 e. The standard InChI is InChI=1S/C18H26O2S/c1-2-18(19,12-15-6-4-3-5-7-15)16-8-10-20-17(13-16)9-11-21-14-17/h3-7,16,19H,2,8-14H2,1H3. The van der Waals surface area contributed by atoms with Crippen molar-refractivity contribution in [1.29, 1.82) is 0 Å². The topological polar surface area (TPSA) is 29.5 Å². The van der Waals surface area contributed by atoms with Gasteiger partial charge in [0.25, 0.3) is 0 Å². The molecule has 0 aromatic heterocycles.